The average Bonchev–Trinajstić information content (AvgIpc) is 2.39. The molecule has 1 heterocycles. The molecular formula is C12H15N3O2. The number of rotatable bonds is 2. The number of nitrogens with zero attached hydrogens (tertiary/aromatic N) is 1. The van der Waals surface area contributed by atoms with Crippen molar-refractivity contribution in [1.82, 2.24) is 4.90 Å². The lowest BCUT2D eigenvalue weighted by Crippen LogP contribution is -2.41. The van der Waals surface area contributed by atoms with Crippen LogP contribution in [0.1, 0.15) is 15.9 Å². The molecule has 1 fully saturated rings. The summed E-state index contributed by atoms with van der Waals surface area (Å²) in [6, 6.07) is 6.94. The van der Waals surface area contributed by atoms with Crippen LogP contribution in [0, 0.1) is 5.41 Å². The third kappa shape index (κ3) is 2.45. The summed E-state index contributed by atoms with van der Waals surface area (Å²) in [6.45, 7) is 2.57. The number of morpholine rings is 1. The van der Waals surface area contributed by atoms with Gasteiger partial charge in [-0.2, -0.15) is 0 Å². The maximum absolute atomic E-state index is 11.3. The molecule has 2 rings (SSSR count). The summed E-state index contributed by atoms with van der Waals surface area (Å²) >= 11 is 0. The summed E-state index contributed by atoms with van der Waals surface area (Å²) in [5.74, 6) is -0.165. The third-order valence-electron chi connectivity index (χ3n) is 2.77. The molecule has 0 spiro atoms. The fourth-order valence-corrected chi connectivity index (χ4v) is 1.86. The van der Waals surface area contributed by atoms with Crippen molar-refractivity contribution >= 4 is 11.7 Å². The fourth-order valence-electron chi connectivity index (χ4n) is 1.86. The van der Waals surface area contributed by atoms with Gasteiger partial charge < -0.3 is 15.4 Å². The van der Waals surface area contributed by atoms with Gasteiger partial charge in [0.2, 0.25) is 5.91 Å². The van der Waals surface area contributed by atoms with Gasteiger partial charge in [-0.3, -0.25) is 10.2 Å². The standard InChI is InChI=1S/C12H15N3O2/c13-11(15-5-7-17-8-6-15)9-3-1-2-4-10(9)12(14)16/h1-4,13H,5-8H2,(H2,14,16). The van der Waals surface area contributed by atoms with Crippen molar-refractivity contribution in [2.75, 3.05) is 26.3 Å². The summed E-state index contributed by atoms with van der Waals surface area (Å²) < 4.78 is 5.23. The maximum Gasteiger partial charge on any atom is 0.249 e. The third-order valence-corrected chi connectivity index (χ3v) is 2.77. The summed E-state index contributed by atoms with van der Waals surface area (Å²) in [4.78, 5) is 13.2. The molecular weight excluding hydrogens is 218 g/mol. The highest BCUT2D eigenvalue weighted by molar-refractivity contribution is 6.07. The van der Waals surface area contributed by atoms with Crippen molar-refractivity contribution in [3.63, 3.8) is 0 Å². The molecule has 0 bridgehead atoms. The zero-order chi connectivity index (χ0) is 12.3. The van der Waals surface area contributed by atoms with E-state index in [1.54, 1.807) is 24.3 Å². The van der Waals surface area contributed by atoms with E-state index in [9.17, 15) is 4.79 Å². The Morgan fingerprint density at radius 3 is 2.41 bits per heavy atom. The number of carbonyl (C=O) groups excluding carboxylic acids is 1. The zero-order valence-corrected chi connectivity index (χ0v) is 9.48. The van der Waals surface area contributed by atoms with Crippen LogP contribution in [-0.2, 0) is 4.74 Å². The van der Waals surface area contributed by atoms with Crippen LogP contribution in [0.3, 0.4) is 0 Å². The van der Waals surface area contributed by atoms with Crippen molar-refractivity contribution in [3.05, 3.63) is 35.4 Å². The second-order valence-corrected chi connectivity index (χ2v) is 3.86. The first-order valence-corrected chi connectivity index (χ1v) is 5.50. The molecule has 1 amide bonds. The monoisotopic (exact) mass is 233 g/mol. The minimum Gasteiger partial charge on any atom is -0.378 e. The van der Waals surface area contributed by atoms with Crippen LogP contribution in [0.25, 0.3) is 0 Å². The lowest BCUT2D eigenvalue weighted by molar-refractivity contribution is 0.0679. The molecule has 0 saturated carbocycles. The van der Waals surface area contributed by atoms with Crippen LogP contribution < -0.4 is 5.73 Å². The van der Waals surface area contributed by atoms with E-state index >= 15 is 0 Å². The minimum atomic E-state index is -0.501. The van der Waals surface area contributed by atoms with E-state index in [1.807, 2.05) is 4.90 Å². The molecule has 0 atom stereocenters. The first-order valence-electron chi connectivity index (χ1n) is 5.50. The highest BCUT2D eigenvalue weighted by atomic mass is 16.5. The molecule has 5 nitrogen and oxygen atoms in total. The van der Waals surface area contributed by atoms with Crippen molar-refractivity contribution in [3.8, 4) is 0 Å². The van der Waals surface area contributed by atoms with E-state index in [-0.39, 0.29) is 0 Å². The van der Waals surface area contributed by atoms with Gasteiger partial charge in [0.1, 0.15) is 5.84 Å². The Balaban J connectivity index is 2.26. The second-order valence-electron chi connectivity index (χ2n) is 3.86. The van der Waals surface area contributed by atoms with Gasteiger partial charge >= 0.3 is 0 Å². The van der Waals surface area contributed by atoms with Crippen molar-refractivity contribution in [1.29, 1.82) is 5.41 Å². The Morgan fingerprint density at radius 1 is 1.24 bits per heavy atom. The van der Waals surface area contributed by atoms with Gasteiger partial charge in [-0.05, 0) is 6.07 Å². The summed E-state index contributed by atoms with van der Waals surface area (Å²) in [7, 11) is 0. The fraction of sp³-hybridized carbons (Fsp3) is 0.333. The Hall–Kier alpha value is -1.88. The molecule has 0 aliphatic carbocycles. The zero-order valence-electron chi connectivity index (χ0n) is 9.48. The molecule has 0 unspecified atom stereocenters. The normalized spacial score (nSPS) is 15.6. The Kier molecular flexibility index (Phi) is 3.39. The van der Waals surface area contributed by atoms with Gasteiger partial charge in [-0.25, -0.2) is 0 Å². The number of primary amides is 1. The van der Waals surface area contributed by atoms with Gasteiger partial charge in [-0.15, -0.1) is 0 Å². The van der Waals surface area contributed by atoms with E-state index < -0.39 is 5.91 Å². The average molecular weight is 233 g/mol. The summed E-state index contributed by atoms with van der Waals surface area (Å²) in [5.41, 5.74) is 6.28. The maximum atomic E-state index is 11.3. The number of hydrogen-bond acceptors (Lipinski definition) is 3. The van der Waals surface area contributed by atoms with Crippen LogP contribution in [0.2, 0.25) is 0 Å². The quantitative estimate of drug-likeness (QED) is 0.574. The van der Waals surface area contributed by atoms with E-state index in [0.717, 1.165) is 0 Å². The summed E-state index contributed by atoms with van der Waals surface area (Å²) in [6.07, 6.45) is 0. The first-order chi connectivity index (χ1) is 8.20. The van der Waals surface area contributed by atoms with Crippen LogP contribution in [-0.4, -0.2) is 42.9 Å². The number of amides is 1. The molecule has 1 saturated heterocycles. The predicted molar refractivity (Wildman–Crippen MR) is 64.2 cm³/mol. The lowest BCUT2D eigenvalue weighted by atomic mass is 10.1. The molecule has 17 heavy (non-hydrogen) atoms. The largest absolute Gasteiger partial charge is 0.378 e. The Bertz CT molecular complexity index is 439. The number of benzene rings is 1. The Labute approximate surface area is 99.7 Å². The van der Waals surface area contributed by atoms with Crippen LogP contribution in [0.15, 0.2) is 24.3 Å². The van der Waals surface area contributed by atoms with Gasteiger partial charge in [0.05, 0.1) is 13.2 Å². The number of nitrogens with one attached hydrogen (secondary N) is 1. The van der Waals surface area contributed by atoms with Crippen molar-refractivity contribution in [2.24, 2.45) is 5.73 Å². The number of hydrogen-bond donors (Lipinski definition) is 2. The highest BCUT2D eigenvalue weighted by Gasteiger charge is 2.19. The molecule has 0 aromatic heterocycles. The van der Waals surface area contributed by atoms with Crippen molar-refractivity contribution in [2.45, 2.75) is 0 Å². The van der Waals surface area contributed by atoms with Crippen molar-refractivity contribution < 1.29 is 9.53 Å². The smallest absolute Gasteiger partial charge is 0.249 e. The van der Waals surface area contributed by atoms with E-state index in [4.69, 9.17) is 15.9 Å². The molecule has 90 valence electrons. The minimum absolute atomic E-state index is 0.336. The van der Waals surface area contributed by atoms with Gasteiger partial charge in [0, 0.05) is 24.2 Å². The molecule has 1 aromatic carbocycles. The number of ether oxygens (including phenoxy) is 1. The molecule has 0 radical (unpaired) electrons. The SMILES string of the molecule is N=C(c1ccccc1C(N)=O)N1CCOCC1. The van der Waals surface area contributed by atoms with Crippen LogP contribution in [0.5, 0.6) is 0 Å². The molecule has 1 aromatic rings. The van der Waals surface area contributed by atoms with Gasteiger partial charge in [0.25, 0.3) is 0 Å². The number of amidine groups is 1. The number of carbonyl (C=O) groups is 1. The summed E-state index contributed by atoms with van der Waals surface area (Å²) in [5, 5.41) is 8.12. The predicted octanol–water partition coefficient (Wildman–Crippen LogP) is 0.443. The van der Waals surface area contributed by atoms with Gasteiger partial charge in [0.15, 0.2) is 0 Å². The highest BCUT2D eigenvalue weighted by Crippen LogP contribution is 2.12. The topological polar surface area (TPSA) is 79.4 Å². The van der Waals surface area contributed by atoms with Crippen LogP contribution >= 0.6 is 0 Å². The lowest BCUT2D eigenvalue weighted by Gasteiger charge is -2.29. The van der Waals surface area contributed by atoms with E-state index in [0.29, 0.717) is 43.3 Å². The molecule has 1 aliphatic rings. The van der Waals surface area contributed by atoms with E-state index in [2.05, 4.69) is 0 Å². The second kappa shape index (κ2) is 4.97. The van der Waals surface area contributed by atoms with E-state index in [1.165, 1.54) is 0 Å². The Morgan fingerprint density at radius 2 is 1.82 bits per heavy atom. The molecule has 1 aliphatic heterocycles. The van der Waals surface area contributed by atoms with Crippen LogP contribution in [0.4, 0.5) is 0 Å². The number of nitrogens with two attached hydrogens (primary N) is 1. The van der Waals surface area contributed by atoms with Gasteiger partial charge in [-0.1, -0.05) is 18.2 Å². The first kappa shape index (κ1) is 11.6. The molecule has 3 N–H and O–H groups in total. The molecule has 5 heteroatoms.